The molecule has 0 unspecified atom stereocenters. The Kier molecular flexibility index (Phi) is 8.52. The molecule has 1 fully saturated rings. The van der Waals surface area contributed by atoms with Gasteiger partial charge in [-0.1, -0.05) is 54.1 Å². The topological polar surface area (TPSA) is 59.9 Å². The number of nitrogens with one attached hydrogen (secondary N) is 1. The van der Waals surface area contributed by atoms with E-state index in [9.17, 15) is 4.79 Å². The lowest BCUT2D eigenvalue weighted by Gasteiger charge is -2.17. The molecule has 0 bridgehead atoms. The molecule has 3 aromatic carbocycles. The molecule has 0 atom stereocenters. The summed E-state index contributed by atoms with van der Waals surface area (Å²) in [6.45, 7) is 8.63. The molecule has 1 heterocycles. The van der Waals surface area contributed by atoms with Crippen LogP contribution in [0.25, 0.3) is 6.08 Å². The number of ether oxygens (including phenoxy) is 2. The number of amidine groups is 1. The van der Waals surface area contributed by atoms with Crippen LogP contribution in [0.1, 0.15) is 29.2 Å². The second-order valence-electron chi connectivity index (χ2n) is 8.07. The van der Waals surface area contributed by atoms with E-state index in [1.54, 1.807) is 0 Å². The van der Waals surface area contributed by atoms with Gasteiger partial charge in [0.15, 0.2) is 16.7 Å². The number of carbonyl (C=O) groups is 1. The molecule has 0 radical (unpaired) electrons. The molecule has 7 heteroatoms. The molecule has 1 amide bonds. The zero-order valence-electron chi connectivity index (χ0n) is 20.2. The van der Waals surface area contributed by atoms with Crippen molar-refractivity contribution in [1.82, 2.24) is 5.32 Å². The average molecular weight is 519 g/mol. The highest BCUT2D eigenvalue weighted by Gasteiger charge is 2.24. The lowest BCUT2D eigenvalue weighted by molar-refractivity contribution is -0.115. The maximum atomic E-state index is 12.7. The van der Waals surface area contributed by atoms with Crippen molar-refractivity contribution in [3.05, 3.63) is 106 Å². The summed E-state index contributed by atoms with van der Waals surface area (Å²) in [5.41, 5.74) is 4.42. The largest absolute Gasteiger partial charge is 0.490 e. The van der Waals surface area contributed by atoms with E-state index in [0.717, 1.165) is 27.9 Å². The molecule has 1 N–H and O–H groups in total. The summed E-state index contributed by atoms with van der Waals surface area (Å²) in [6, 6.07) is 19.4. The van der Waals surface area contributed by atoms with Gasteiger partial charge in [-0.05, 0) is 79.1 Å². The first kappa shape index (κ1) is 25.6. The Labute approximate surface area is 220 Å². The maximum Gasteiger partial charge on any atom is 0.264 e. The van der Waals surface area contributed by atoms with Gasteiger partial charge in [-0.25, -0.2) is 4.99 Å². The van der Waals surface area contributed by atoms with Gasteiger partial charge in [0.25, 0.3) is 5.91 Å². The van der Waals surface area contributed by atoms with Gasteiger partial charge in [0.1, 0.15) is 6.61 Å². The van der Waals surface area contributed by atoms with Crippen molar-refractivity contribution < 1.29 is 14.3 Å². The highest BCUT2D eigenvalue weighted by molar-refractivity contribution is 8.18. The summed E-state index contributed by atoms with van der Waals surface area (Å²) in [4.78, 5) is 17.8. The molecule has 1 aliphatic heterocycles. The minimum absolute atomic E-state index is 0.203. The van der Waals surface area contributed by atoms with Crippen LogP contribution in [0.2, 0.25) is 5.02 Å². The molecular formula is C29H27ClN2O3S. The number of benzene rings is 3. The monoisotopic (exact) mass is 518 g/mol. The Balaban J connectivity index is 1.63. The fraction of sp³-hybridized carbons (Fsp3) is 0.172. The van der Waals surface area contributed by atoms with Gasteiger partial charge in [0.2, 0.25) is 0 Å². The number of allylic oxidation sites excluding steroid dienone is 1. The van der Waals surface area contributed by atoms with Crippen LogP contribution < -0.4 is 14.8 Å². The molecule has 3 aromatic rings. The average Bonchev–Trinajstić information content (AvgIpc) is 3.21. The zero-order valence-corrected chi connectivity index (χ0v) is 21.8. The van der Waals surface area contributed by atoms with E-state index in [1.807, 2.05) is 86.7 Å². The molecule has 5 nitrogen and oxygen atoms in total. The number of nitrogens with zero attached hydrogens (tertiary/aromatic N) is 1. The Hall–Kier alpha value is -3.48. The van der Waals surface area contributed by atoms with E-state index < -0.39 is 0 Å². The minimum Gasteiger partial charge on any atom is -0.490 e. The van der Waals surface area contributed by atoms with Crippen molar-refractivity contribution in [2.75, 3.05) is 6.61 Å². The second-order valence-corrected chi connectivity index (χ2v) is 9.51. The number of carbonyl (C=O) groups excluding carboxylic acids is 1. The summed E-state index contributed by atoms with van der Waals surface area (Å²) in [6.07, 6.45) is 4.26. The van der Waals surface area contributed by atoms with Crippen molar-refractivity contribution in [3.63, 3.8) is 0 Å². The number of thioether (sulfide) groups is 1. The Bertz CT molecular complexity index is 1340. The van der Waals surface area contributed by atoms with Gasteiger partial charge in [-0.2, -0.15) is 0 Å². The van der Waals surface area contributed by atoms with Crippen molar-refractivity contribution in [1.29, 1.82) is 0 Å². The van der Waals surface area contributed by atoms with E-state index >= 15 is 0 Å². The first-order chi connectivity index (χ1) is 17.5. The van der Waals surface area contributed by atoms with Crippen LogP contribution in [0.15, 0.2) is 83.2 Å². The molecule has 0 aliphatic carbocycles. The summed E-state index contributed by atoms with van der Waals surface area (Å²) in [7, 11) is 0. The number of hydrogen-bond donors (Lipinski definition) is 1. The van der Waals surface area contributed by atoms with Crippen molar-refractivity contribution in [2.24, 2.45) is 4.99 Å². The first-order valence-corrected chi connectivity index (χ1v) is 12.8. The predicted octanol–water partition coefficient (Wildman–Crippen LogP) is 7.25. The van der Waals surface area contributed by atoms with Gasteiger partial charge < -0.3 is 14.8 Å². The van der Waals surface area contributed by atoms with Crippen molar-refractivity contribution in [3.8, 4) is 11.5 Å². The van der Waals surface area contributed by atoms with Gasteiger partial charge in [0, 0.05) is 10.6 Å². The van der Waals surface area contributed by atoms with Crippen LogP contribution in [0.3, 0.4) is 0 Å². The Morgan fingerprint density at radius 2 is 1.92 bits per heavy atom. The third-order valence-corrected chi connectivity index (χ3v) is 6.77. The van der Waals surface area contributed by atoms with Gasteiger partial charge in [0.05, 0.1) is 17.2 Å². The van der Waals surface area contributed by atoms with Crippen molar-refractivity contribution in [2.45, 2.75) is 26.9 Å². The molecule has 0 saturated carbocycles. The summed E-state index contributed by atoms with van der Waals surface area (Å²) in [5.74, 6) is 1.11. The standard InChI is InChI=1S/C29H27ClN2O3S/c1-4-10-22-15-21(16-25(34-5-2)27(22)35-18-20-11-7-6-8-12-20)17-26-28(33)32-29(36-26)31-24-14-9-13-23(30)19(24)3/h4,6-9,11-17H,1,5,10,18H2,2-3H3,(H,31,32,33)/b26-17+. The highest BCUT2D eigenvalue weighted by atomic mass is 35.5. The number of rotatable bonds is 9. The Morgan fingerprint density at radius 3 is 2.67 bits per heavy atom. The number of aliphatic imine (C=N–C) groups is 1. The minimum atomic E-state index is -0.203. The molecule has 0 aromatic heterocycles. The second kappa shape index (κ2) is 12.0. The van der Waals surface area contributed by atoms with E-state index in [2.05, 4.69) is 16.9 Å². The Morgan fingerprint density at radius 1 is 1.11 bits per heavy atom. The van der Waals surface area contributed by atoms with Gasteiger partial charge in [-0.15, -0.1) is 6.58 Å². The molecular weight excluding hydrogens is 492 g/mol. The third kappa shape index (κ3) is 6.20. The fourth-order valence-electron chi connectivity index (χ4n) is 3.69. The number of amides is 1. The van der Waals surface area contributed by atoms with E-state index in [4.69, 9.17) is 21.1 Å². The smallest absolute Gasteiger partial charge is 0.264 e. The fourth-order valence-corrected chi connectivity index (χ4v) is 4.69. The van der Waals surface area contributed by atoms with E-state index in [0.29, 0.717) is 46.2 Å². The van der Waals surface area contributed by atoms with Crippen LogP contribution >= 0.6 is 23.4 Å². The van der Waals surface area contributed by atoms with Gasteiger partial charge >= 0.3 is 0 Å². The molecule has 1 aliphatic rings. The van der Waals surface area contributed by atoms with E-state index in [-0.39, 0.29) is 5.91 Å². The van der Waals surface area contributed by atoms with Crippen LogP contribution in [-0.2, 0) is 17.8 Å². The molecule has 0 spiro atoms. The SMILES string of the molecule is C=CCc1cc(/C=C2/SC(=Nc3cccc(Cl)c3C)NC2=O)cc(OCC)c1OCc1ccccc1. The van der Waals surface area contributed by atoms with E-state index in [1.165, 1.54) is 11.8 Å². The lowest BCUT2D eigenvalue weighted by Crippen LogP contribution is -2.19. The van der Waals surface area contributed by atoms with Crippen LogP contribution in [-0.4, -0.2) is 17.7 Å². The maximum absolute atomic E-state index is 12.7. The van der Waals surface area contributed by atoms with Crippen LogP contribution in [0.5, 0.6) is 11.5 Å². The molecule has 36 heavy (non-hydrogen) atoms. The van der Waals surface area contributed by atoms with Crippen molar-refractivity contribution >= 4 is 46.2 Å². The zero-order chi connectivity index (χ0) is 25.5. The quantitative estimate of drug-likeness (QED) is 0.239. The number of hydrogen-bond acceptors (Lipinski definition) is 5. The summed E-state index contributed by atoms with van der Waals surface area (Å²) >= 11 is 7.50. The summed E-state index contributed by atoms with van der Waals surface area (Å²) in [5, 5.41) is 3.98. The van der Waals surface area contributed by atoms with Crippen LogP contribution in [0.4, 0.5) is 5.69 Å². The highest BCUT2D eigenvalue weighted by Crippen LogP contribution is 2.37. The first-order valence-electron chi connectivity index (χ1n) is 11.6. The van der Waals surface area contributed by atoms with Crippen LogP contribution in [0, 0.1) is 6.92 Å². The van der Waals surface area contributed by atoms with Gasteiger partial charge in [-0.3, -0.25) is 4.79 Å². The molecule has 184 valence electrons. The summed E-state index contributed by atoms with van der Waals surface area (Å²) < 4.78 is 12.1. The lowest BCUT2D eigenvalue weighted by atomic mass is 10.0. The molecule has 1 saturated heterocycles. The third-order valence-electron chi connectivity index (χ3n) is 5.45. The normalized spacial score (nSPS) is 15.2. The molecule has 4 rings (SSSR count). The number of halogens is 1. The predicted molar refractivity (Wildman–Crippen MR) is 149 cm³/mol.